The van der Waals surface area contributed by atoms with E-state index in [1.807, 2.05) is 16.8 Å². The molecule has 3 aromatic heterocycles. The van der Waals surface area contributed by atoms with Crippen LogP contribution in [0.2, 0.25) is 0 Å². The maximum Gasteiger partial charge on any atom is 0.271 e. The fourth-order valence-corrected chi connectivity index (χ4v) is 5.14. The molecule has 3 heterocycles. The van der Waals surface area contributed by atoms with E-state index >= 15 is 0 Å². The predicted octanol–water partition coefficient (Wildman–Crippen LogP) is 4.48. The number of fused-ring (bicyclic) bond motifs is 3. The van der Waals surface area contributed by atoms with E-state index in [0.717, 1.165) is 39.0 Å². The van der Waals surface area contributed by atoms with E-state index < -0.39 is 0 Å². The molecule has 0 aromatic carbocycles. The molecule has 5 nitrogen and oxygen atoms in total. The van der Waals surface area contributed by atoms with E-state index in [-0.39, 0.29) is 5.56 Å². The number of hydrogen-bond acceptors (Lipinski definition) is 5. The molecular formula is C19H22N4OS. The third-order valence-corrected chi connectivity index (χ3v) is 6.81. The molecule has 2 saturated carbocycles. The first-order chi connectivity index (χ1) is 12.3. The van der Waals surface area contributed by atoms with Crippen molar-refractivity contribution < 1.29 is 0 Å². The fraction of sp³-hybridized carbons (Fsp3) is 0.526. The zero-order valence-corrected chi connectivity index (χ0v) is 15.0. The second-order valence-corrected chi connectivity index (χ2v) is 8.34. The van der Waals surface area contributed by atoms with Gasteiger partial charge in [0, 0.05) is 24.0 Å². The van der Waals surface area contributed by atoms with Gasteiger partial charge >= 0.3 is 0 Å². The minimum atomic E-state index is 0.106. The first-order valence-corrected chi connectivity index (χ1v) is 10.2. The highest BCUT2D eigenvalue weighted by atomic mass is 32.1. The Labute approximate surface area is 150 Å². The summed E-state index contributed by atoms with van der Waals surface area (Å²) >= 11 is 1.49. The summed E-state index contributed by atoms with van der Waals surface area (Å²) in [4.78, 5) is 23.2. The van der Waals surface area contributed by atoms with Gasteiger partial charge in [0.15, 0.2) is 0 Å². The molecule has 0 aliphatic heterocycles. The Balaban J connectivity index is 1.65. The average molecular weight is 354 g/mol. The van der Waals surface area contributed by atoms with Gasteiger partial charge in [-0.1, -0.05) is 19.3 Å². The molecular weight excluding hydrogens is 332 g/mol. The Hall–Kier alpha value is -1.95. The summed E-state index contributed by atoms with van der Waals surface area (Å²) in [5.74, 6) is 0. The maximum absolute atomic E-state index is 13.1. The van der Waals surface area contributed by atoms with Gasteiger partial charge in [-0.25, -0.2) is 9.97 Å². The zero-order chi connectivity index (χ0) is 16.8. The summed E-state index contributed by atoms with van der Waals surface area (Å²) in [6.45, 7) is 0. The first kappa shape index (κ1) is 15.3. The quantitative estimate of drug-likeness (QED) is 0.753. The predicted molar refractivity (Wildman–Crippen MR) is 103 cm³/mol. The summed E-state index contributed by atoms with van der Waals surface area (Å²) in [6.07, 6.45) is 13.2. The normalized spacial score (nSPS) is 19.4. The second kappa shape index (κ2) is 6.09. The summed E-state index contributed by atoms with van der Waals surface area (Å²) < 4.78 is 2.62. The molecule has 3 aromatic rings. The van der Waals surface area contributed by atoms with Gasteiger partial charge in [0.2, 0.25) is 0 Å². The lowest BCUT2D eigenvalue weighted by molar-refractivity contribution is 0.345. The highest BCUT2D eigenvalue weighted by Crippen LogP contribution is 2.36. The van der Waals surface area contributed by atoms with Crippen molar-refractivity contribution in [1.82, 2.24) is 14.5 Å². The molecule has 0 atom stereocenters. The Morgan fingerprint density at radius 3 is 2.68 bits per heavy atom. The fourth-order valence-electron chi connectivity index (χ4n) is 4.08. The molecule has 130 valence electrons. The van der Waals surface area contributed by atoms with Gasteiger partial charge in [0.05, 0.1) is 17.2 Å². The minimum absolute atomic E-state index is 0.106. The summed E-state index contributed by atoms with van der Waals surface area (Å²) in [6, 6.07) is 2.87. The van der Waals surface area contributed by atoms with Gasteiger partial charge in [-0.15, -0.1) is 11.3 Å². The molecule has 1 N–H and O–H groups in total. The summed E-state index contributed by atoms with van der Waals surface area (Å²) in [5.41, 5.74) is 1.99. The monoisotopic (exact) mass is 354 g/mol. The van der Waals surface area contributed by atoms with Crippen molar-refractivity contribution in [3.8, 4) is 0 Å². The Kier molecular flexibility index (Phi) is 3.73. The van der Waals surface area contributed by atoms with Crippen LogP contribution in [0.4, 0.5) is 5.69 Å². The lowest BCUT2D eigenvalue weighted by atomic mass is 9.93. The van der Waals surface area contributed by atoms with Crippen molar-refractivity contribution >= 4 is 37.5 Å². The number of aromatic nitrogens is 3. The molecule has 2 aliphatic carbocycles. The molecule has 0 unspecified atom stereocenters. The Morgan fingerprint density at radius 2 is 1.92 bits per heavy atom. The molecule has 0 radical (unpaired) electrons. The Morgan fingerprint density at radius 1 is 1.08 bits per heavy atom. The van der Waals surface area contributed by atoms with E-state index in [9.17, 15) is 4.79 Å². The molecule has 2 aliphatic rings. The minimum Gasteiger partial charge on any atom is -0.382 e. The summed E-state index contributed by atoms with van der Waals surface area (Å²) in [5, 5.41) is 4.63. The number of nitrogens with zero attached hydrogens (tertiary/aromatic N) is 3. The van der Waals surface area contributed by atoms with Crippen LogP contribution in [-0.4, -0.2) is 20.6 Å². The number of hydrogen-bond donors (Lipinski definition) is 1. The smallest absolute Gasteiger partial charge is 0.271 e. The van der Waals surface area contributed by atoms with Crippen LogP contribution < -0.4 is 10.9 Å². The van der Waals surface area contributed by atoms with Gasteiger partial charge < -0.3 is 5.32 Å². The van der Waals surface area contributed by atoms with Crippen molar-refractivity contribution in [2.75, 3.05) is 5.32 Å². The van der Waals surface area contributed by atoms with Crippen LogP contribution >= 0.6 is 11.3 Å². The van der Waals surface area contributed by atoms with E-state index in [0.29, 0.717) is 12.1 Å². The van der Waals surface area contributed by atoms with Crippen LogP contribution in [0.3, 0.4) is 0 Å². The van der Waals surface area contributed by atoms with E-state index in [2.05, 4.69) is 10.3 Å². The molecule has 6 heteroatoms. The third-order valence-electron chi connectivity index (χ3n) is 5.74. The van der Waals surface area contributed by atoms with Crippen LogP contribution in [0.25, 0.3) is 20.4 Å². The molecule has 0 spiro atoms. The highest BCUT2D eigenvalue weighted by Gasteiger charge is 2.22. The SMILES string of the molecule is O=c1c2sc3nccc(NC4CCC4)c3c2ncn1C1CCCCC1. The number of thiophene rings is 1. The topological polar surface area (TPSA) is 59.8 Å². The van der Waals surface area contributed by atoms with Gasteiger partial charge in [0.25, 0.3) is 5.56 Å². The van der Waals surface area contributed by atoms with Crippen LogP contribution in [-0.2, 0) is 0 Å². The molecule has 2 fully saturated rings. The van der Waals surface area contributed by atoms with Crippen molar-refractivity contribution in [2.45, 2.75) is 63.5 Å². The highest BCUT2D eigenvalue weighted by molar-refractivity contribution is 7.25. The second-order valence-electron chi connectivity index (χ2n) is 7.34. The molecule has 0 saturated heterocycles. The molecule has 0 amide bonds. The lowest BCUT2D eigenvalue weighted by Crippen LogP contribution is -2.27. The standard InChI is InChI=1S/C19H22N4OS/c24-19-17-16(21-11-23(19)13-7-2-1-3-8-13)15-14(22-12-5-4-6-12)9-10-20-18(15)25-17/h9-13H,1-8H2,(H,20,22). The van der Waals surface area contributed by atoms with E-state index in [4.69, 9.17) is 4.98 Å². The van der Waals surface area contributed by atoms with Gasteiger partial charge in [-0.05, 0) is 38.2 Å². The third kappa shape index (κ3) is 2.54. The van der Waals surface area contributed by atoms with E-state index in [1.165, 1.54) is 49.9 Å². The van der Waals surface area contributed by atoms with Crippen LogP contribution in [0.1, 0.15) is 57.4 Å². The maximum atomic E-state index is 13.1. The van der Waals surface area contributed by atoms with E-state index in [1.54, 1.807) is 6.33 Å². The summed E-state index contributed by atoms with van der Waals surface area (Å²) in [7, 11) is 0. The lowest BCUT2D eigenvalue weighted by Gasteiger charge is -2.27. The van der Waals surface area contributed by atoms with Crippen LogP contribution in [0, 0.1) is 0 Å². The first-order valence-electron chi connectivity index (χ1n) is 9.36. The molecule has 5 rings (SSSR count). The molecule has 0 bridgehead atoms. The Bertz CT molecular complexity index is 982. The van der Waals surface area contributed by atoms with Crippen molar-refractivity contribution in [3.63, 3.8) is 0 Å². The van der Waals surface area contributed by atoms with Gasteiger partial charge in [-0.3, -0.25) is 9.36 Å². The largest absolute Gasteiger partial charge is 0.382 e. The van der Waals surface area contributed by atoms with Gasteiger partial charge in [-0.2, -0.15) is 0 Å². The number of pyridine rings is 1. The van der Waals surface area contributed by atoms with Crippen LogP contribution in [0.5, 0.6) is 0 Å². The number of anilines is 1. The van der Waals surface area contributed by atoms with Crippen molar-refractivity contribution in [3.05, 3.63) is 28.9 Å². The van der Waals surface area contributed by atoms with Gasteiger partial charge in [0.1, 0.15) is 9.53 Å². The average Bonchev–Trinajstić information content (AvgIpc) is 3.00. The zero-order valence-electron chi connectivity index (χ0n) is 14.2. The number of nitrogens with one attached hydrogen (secondary N) is 1. The van der Waals surface area contributed by atoms with Crippen molar-refractivity contribution in [1.29, 1.82) is 0 Å². The molecule has 25 heavy (non-hydrogen) atoms. The number of rotatable bonds is 3. The van der Waals surface area contributed by atoms with Crippen molar-refractivity contribution in [2.24, 2.45) is 0 Å². The van der Waals surface area contributed by atoms with Crippen LogP contribution in [0.15, 0.2) is 23.4 Å².